The highest BCUT2D eigenvalue weighted by atomic mass is 35.5. The van der Waals surface area contributed by atoms with Gasteiger partial charge in [-0.15, -0.1) is 12.4 Å². The molecule has 0 heterocycles. The average Bonchev–Trinajstić information content (AvgIpc) is 2.48. The first-order chi connectivity index (χ1) is 6.40. The van der Waals surface area contributed by atoms with Crippen LogP contribution in [0.15, 0.2) is 11.6 Å². The van der Waals surface area contributed by atoms with Crippen molar-refractivity contribution >= 4 is 24.3 Å². The van der Waals surface area contributed by atoms with Gasteiger partial charge in [0.05, 0.1) is 0 Å². The third kappa shape index (κ3) is 2.30. The first kappa shape index (κ1) is 13.9. The molecule has 0 spiro atoms. The Morgan fingerprint density at radius 1 is 1.40 bits per heavy atom. The molecule has 86 valence electrons. The third-order valence-corrected chi connectivity index (χ3v) is 2.70. The summed E-state index contributed by atoms with van der Waals surface area (Å²) >= 11 is 0. The monoisotopic (exact) mass is 235 g/mol. The van der Waals surface area contributed by atoms with Gasteiger partial charge in [-0.05, 0) is 20.5 Å². The molecule has 0 aromatic heterocycles. The maximum atomic E-state index is 11.1. The number of aliphatic carboxylic acids is 2. The molecule has 0 saturated heterocycles. The van der Waals surface area contributed by atoms with Gasteiger partial charge in [0.2, 0.25) is 0 Å². The summed E-state index contributed by atoms with van der Waals surface area (Å²) < 4.78 is 0. The first-order valence-electron chi connectivity index (χ1n) is 4.23. The van der Waals surface area contributed by atoms with Gasteiger partial charge >= 0.3 is 11.9 Å². The maximum absolute atomic E-state index is 11.1. The lowest BCUT2D eigenvalue weighted by Gasteiger charge is -2.31. The molecule has 5 nitrogen and oxygen atoms in total. The zero-order valence-electron chi connectivity index (χ0n) is 8.56. The topological polar surface area (TPSA) is 77.8 Å². The number of carboxylic acid groups (broad SMARTS) is 2. The molecule has 0 radical (unpaired) electrons. The van der Waals surface area contributed by atoms with E-state index in [-0.39, 0.29) is 30.8 Å². The average molecular weight is 236 g/mol. The van der Waals surface area contributed by atoms with Crippen LogP contribution < -0.4 is 0 Å². The molecule has 6 heteroatoms. The Hall–Kier alpha value is -1.07. The molecule has 15 heavy (non-hydrogen) atoms. The van der Waals surface area contributed by atoms with Crippen molar-refractivity contribution in [3.63, 3.8) is 0 Å². The maximum Gasteiger partial charge on any atom is 0.331 e. The second-order valence-electron chi connectivity index (χ2n) is 3.65. The summed E-state index contributed by atoms with van der Waals surface area (Å²) in [7, 11) is 3.29. The highest BCUT2D eigenvalue weighted by Gasteiger charge is 2.45. The molecule has 1 rings (SSSR count). The van der Waals surface area contributed by atoms with E-state index >= 15 is 0 Å². The summed E-state index contributed by atoms with van der Waals surface area (Å²) in [6.45, 7) is 0. The Labute approximate surface area is 93.8 Å². The van der Waals surface area contributed by atoms with Gasteiger partial charge in [-0.2, -0.15) is 0 Å². The van der Waals surface area contributed by atoms with Crippen LogP contribution in [0.2, 0.25) is 0 Å². The number of halogens is 1. The van der Waals surface area contributed by atoms with Crippen molar-refractivity contribution in [2.45, 2.75) is 18.4 Å². The zero-order valence-corrected chi connectivity index (χ0v) is 9.37. The molecule has 0 saturated carbocycles. The molecule has 1 aliphatic rings. The predicted octanol–water partition coefficient (Wildman–Crippen LogP) is 0.598. The number of carbonyl (C=O) groups is 2. The number of hydrogen-bond donors (Lipinski definition) is 2. The van der Waals surface area contributed by atoms with Crippen LogP contribution in [0.5, 0.6) is 0 Å². The first-order valence-corrected chi connectivity index (χ1v) is 4.23. The number of likely N-dealkylation sites (N-methyl/N-ethyl adjacent to an activating group) is 1. The Balaban J connectivity index is 0.00000196. The minimum atomic E-state index is -1.08. The van der Waals surface area contributed by atoms with Gasteiger partial charge in [0, 0.05) is 12.0 Å². The molecule has 0 aromatic rings. The highest BCUT2D eigenvalue weighted by Crippen LogP contribution is 2.33. The molecule has 0 amide bonds. The fraction of sp³-hybridized carbons (Fsp3) is 0.556. The SMILES string of the molecule is CN(C)C1(C(=O)O)CC=C(C(=O)O)C1.Cl. The Kier molecular flexibility index (Phi) is 4.30. The van der Waals surface area contributed by atoms with Crippen molar-refractivity contribution in [1.82, 2.24) is 4.90 Å². The van der Waals surface area contributed by atoms with Gasteiger partial charge in [-0.25, -0.2) is 4.79 Å². The van der Waals surface area contributed by atoms with E-state index in [4.69, 9.17) is 10.2 Å². The smallest absolute Gasteiger partial charge is 0.331 e. The number of hydrogen-bond acceptors (Lipinski definition) is 3. The van der Waals surface area contributed by atoms with Crippen LogP contribution in [0.3, 0.4) is 0 Å². The lowest BCUT2D eigenvalue weighted by atomic mass is 9.94. The molecule has 1 unspecified atom stereocenters. The van der Waals surface area contributed by atoms with E-state index in [2.05, 4.69) is 0 Å². The van der Waals surface area contributed by atoms with E-state index in [1.807, 2.05) is 0 Å². The second kappa shape index (κ2) is 4.63. The van der Waals surface area contributed by atoms with Crippen molar-refractivity contribution < 1.29 is 19.8 Å². The van der Waals surface area contributed by atoms with Crippen molar-refractivity contribution in [3.05, 3.63) is 11.6 Å². The van der Waals surface area contributed by atoms with Gasteiger partial charge in [-0.3, -0.25) is 9.69 Å². The lowest BCUT2D eigenvalue weighted by molar-refractivity contribution is -0.149. The molecule has 2 N–H and O–H groups in total. The minimum absolute atomic E-state index is 0. The van der Waals surface area contributed by atoms with E-state index < -0.39 is 17.5 Å². The van der Waals surface area contributed by atoms with Crippen LogP contribution in [0.4, 0.5) is 0 Å². The largest absolute Gasteiger partial charge is 0.480 e. The van der Waals surface area contributed by atoms with Crippen LogP contribution in [-0.4, -0.2) is 46.7 Å². The fourth-order valence-electron chi connectivity index (χ4n) is 1.61. The van der Waals surface area contributed by atoms with Gasteiger partial charge in [-0.1, -0.05) is 6.08 Å². The Morgan fingerprint density at radius 2 is 1.93 bits per heavy atom. The van der Waals surface area contributed by atoms with Crippen molar-refractivity contribution in [2.24, 2.45) is 0 Å². The van der Waals surface area contributed by atoms with Crippen LogP contribution in [0.1, 0.15) is 12.8 Å². The summed E-state index contributed by atoms with van der Waals surface area (Å²) in [5.41, 5.74) is -0.894. The van der Waals surface area contributed by atoms with Gasteiger partial charge in [0.25, 0.3) is 0 Å². The fourth-order valence-corrected chi connectivity index (χ4v) is 1.61. The van der Waals surface area contributed by atoms with Crippen molar-refractivity contribution in [1.29, 1.82) is 0 Å². The van der Waals surface area contributed by atoms with E-state index in [9.17, 15) is 9.59 Å². The Bertz CT molecular complexity index is 313. The number of carboxylic acids is 2. The third-order valence-electron chi connectivity index (χ3n) is 2.70. The van der Waals surface area contributed by atoms with Crippen LogP contribution >= 0.6 is 12.4 Å². The number of rotatable bonds is 3. The van der Waals surface area contributed by atoms with Crippen molar-refractivity contribution in [2.75, 3.05) is 14.1 Å². The summed E-state index contributed by atoms with van der Waals surface area (Å²) in [5.74, 6) is -2.01. The zero-order chi connectivity index (χ0) is 10.9. The van der Waals surface area contributed by atoms with E-state index in [1.54, 1.807) is 19.0 Å². The quantitative estimate of drug-likeness (QED) is 0.749. The molecule has 0 fully saturated rings. The molecule has 0 aromatic carbocycles. The second-order valence-corrected chi connectivity index (χ2v) is 3.65. The van der Waals surface area contributed by atoms with Crippen LogP contribution in [0, 0.1) is 0 Å². The van der Waals surface area contributed by atoms with Gasteiger partial charge in [0.1, 0.15) is 5.54 Å². The van der Waals surface area contributed by atoms with Gasteiger partial charge < -0.3 is 10.2 Å². The Morgan fingerprint density at radius 3 is 2.13 bits per heavy atom. The minimum Gasteiger partial charge on any atom is -0.480 e. The summed E-state index contributed by atoms with van der Waals surface area (Å²) in [6, 6.07) is 0. The summed E-state index contributed by atoms with van der Waals surface area (Å²) in [4.78, 5) is 23.3. The van der Waals surface area contributed by atoms with Crippen LogP contribution in [0.25, 0.3) is 0 Å². The summed E-state index contributed by atoms with van der Waals surface area (Å²) in [5, 5.41) is 17.8. The van der Waals surface area contributed by atoms with E-state index in [0.29, 0.717) is 0 Å². The standard InChI is InChI=1S/C9H13NO4.ClH/c1-10(2)9(8(13)14)4-3-6(5-9)7(11)12;/h3H,4-5H2,1-2H3,(H,11,12)(H,13,14);1H. The van der Waals surface area contributed by atoms with E-state index in [0.717, 1.165) is 0 Å². The highest BCUT2D eigenvalue weighted by molar-refractivity contribution is 5.91. The lowest BCUT2D eigenvalue weighted by Crippen LogP contribution is -2.49. The normalized spacial score (nSPS) is 24.6. The van der Waals surface area contributed by atoms with Crippen molar-refractivity contribution in [3.8, 4) is 0 Å². The van der Waals surface area contributed by atoms with Gasteiger partial charge in [0.15, 0.2) is 0 Å². The molecule has 1 aliphatic carbocycles. The molecule has 0 bridgehead atoms. The molecule has 1 atom stereocenters. The molecular weight excluding hydrogens is 222 g/mol. The predicted molar refractivity (Wildman–Crippen MR) is 56.3 cm³/mol. The molecule has 0 aliphatic heterocycles. The summed E-state index contributed by atoms with van der Waals surface area (Å²) in [6.07, 6.45) is 1.79. The molecular formula is C9H14ClNO4. The van der Waals surface area contributed by atoms with Crippen LogP contribution in [-0.2, 0) is 9.59 Å². The van der Waals surface area contributed by atoms with E-state index in [1.165, 1.54) is 6.08 Å². The number of nitrogens with zero attached hydrogens (tertiary/aromatic N) is 1.